The standard InChI is InChI=1S/C37H40O12S/c1-23-12-15-27(16-13-23)50(42,43)49-32(22-47-36(41)37(2,3)4)34(48-31-20-26(35(40)45-6)18-28(38)33(31)39)25-14-17-29(30(19-25)44-5)46-21-24-10-8-7-9-11-24/h7-20,32,34,38-39H,21-22H2,1-6H3/t32-,34+/m0/s1. The lowest BCUT2D eigenvalue weighted by molar-refractivity contribution is -0.157. The van der Waals surface area contributed by atoms with Crippen LogP contribution in [0.25, 0.3) is 0 Å². The van der Waals surface area contributed by atoms with Crippen LogP contribution in [-0.2, 0) is 35.2 Å². The number of ether oxygens (including phenoxy) is 5. The van der Waals surface area contributed by atoms with E-state index in [4.69, 9.17) is 27.9 Å². The number of hydrogen-bond donors (Lipinski definition) is 2. The van der Waals surface area contributed by atoms with Crippen molar-refractivity contribution in [3.05, 3.63) is 107 Å². The minimum Gasteiger partial charge on any atom is -0.504 e. The molecule has 4 aromatic rings. The molecule has 266 valence electrons. The van der Waals surface area contributed by atoms with Gasteiger partial charge in [-0.1, -0.05) is 54.1 Å². The maximum absolute atomic E-state index is 13.7. The van der Waals surface area contributed by atoms with Gasteiger partial charge in [0, 0.05) is 0 Å². The zero-order valence-corrected chi connectivity index (χ0v) is 29.4. The van der Waals surface area contributed by atoms with Crippen molar-refractivity contribution in [3.8, 4) is 28.7 Å². The summed E-state index contributed by atoms with van der Waals surface area (Å²) in [5, 5.41) is 21.3. The molecule has 0 spiro atoms. The number of esters is 2. The first kappa shape index (κ1) is 37.5. The molecule has 2 atom stereocenters. The zero-order valence-electron chi connectivity index (χ0n) is 28.5. The highest BCUT2D eigenvalue weighted by Crippen LogP contribution is 2.42. The predicted molar refractivity (Wildman–Crippen MR) is 182 cm³/mol. The first-order valence-electron chi connectivity index (χ1n) is 15.5. The normalized spacial score (nSPS) is 12.8. The van der Waals surface area contributed by atoms with Crippen molar-refractivity contribution in [3.63, 3.8) is 0 Å². The van der Waals surface area contributed by atoms with Crippen LogP contribution in [0.3, 0.4) is 0 Å². The van der Waals surface area contributed by atoms with Crippen LogP contribution in [0.2, 0.25) is 0 Å². The Labute approximate surface area is 291 Å². The molecule has 0 saturated heterocycles. The summed E-state index contributed by atoms with van der Waals surface area (Å²) < 4.78 is 61.2. The number of carbonyl (C=O) groups excluding carboxylic acids is 2. The number of hydrogen-bond acceptors (Lipinski definition) is 12. The molecular weight excluding hydrogens is 668 g/mol. The van der Waals surface area contributed by atoms with Gasteiger partial charge in [-0.05, 0) is 75.2 Å². The maximum Gasteiger partial charge on any atom is 0.338 e. The third-order valence-electron chi connectivity index (χ3n) is 7.37. The molecule has 0 saturated carbocycles. The van der Waals surface area contributed by atoms with E-state index in [1.807, 2.05) is 30.3 Å². The number of methoxy groups -OCH3 is 2. The Morgan fingerprint density at radius 2 is 1.52 bits per heavy atom. The van der Waals surface area contributed by atoms with Crippen LogP contribution in [0.5, 0.6) is 28.7 Å². The lowest BCUT2D eigenvalue weighted by Gasteiger charge is -2.29. The van der Waals surface area contributed by atoms with Crippen LogP contribution in [-0.4, -0.2) is 57.5 Å². The fourth-order valence-corrected chi connectivity index (χ4v) is 5.66. The first-order chi connectivity index (χ1) is 23.6. The molecule has 4 aromatic carbocycles. The van der Waals surface area contributed by atoms with E-state index in [-0.39, 0.29) is 28.4 Å². The molecule has 0 amide bonds. The molecule has 50 heavy (non-hydrogen) atoms. The van der Waals surface area contributed by atoms with Crippen LogP contribution < -0.4 is 14.2 Å². The van der Waals surface area contributed by atoms with Gasteiger partial charge in [0.25, 0.3) is 10.1 Å². The smallest absolute Gasteiger partial charge is 0.338 e. The third-order valence-corrected chi connectivity index (χ3v) is 8.72. The Morgan fingerprint density at radius 3 is 2.14 bits per heavy atom. The van der Waals surface area contributed by atoms with Crippen molar-refractivity contribution in [2.24, 2.45) is 5.41 Å². The Hall–Kier alpha value is -5.27. The second kappa shape index (κ2) is 16.0. The molecule has 0 unspecified atom stereocenters. The van der Waals surface area contributed by atoms with Gasteiger partial charge < -0.3 is 33.9 Å². The highest BCUT2D eigenvalue weighted by molar-refractivity contribution is 7.86. The maximum atomic E-state index is 13.7. The van der Waals surface area contributed by atoms with E-state index in [2.05, 4.69) is 0 Å². The van der Waals surface area contributed by atoms with E-state index in [9.17, 15) is 28.2 Å². The average molecular weight is 709 g/mol. The summed E-state index contributed by atoms with van der Waals surface area (Å²) >= 11 is 0. The van der Waals surface area contributed by atoms with E-state index in [0.717, 1.165) is 30.4 Å². The highest BCUT2D eigenvalue weighted by Gasteiger charge is 2.36. The summed E-state index contributed by atoms with van der Waals surface area (Å²) in [5.41, 5.74) is 0.797. The predicted octanol–water partition coefficient (Wildman–Crippen LogP) is 6.26. The summed E-state index contributed by atoms with van der Waals surface area (Å²) in [5.74, 6) is -2.84. The lowest BCUT2D eigenvalue weighted by atomic mass is 9.97. The molecule has 0 fully saturated rings. The van der Waals surface area contributed by atoms with E-state index < -0.39 is 63.5 Å². The Kier molecular flexibility index (Phi) is 12.0. The van der Waals surface area contributed by atoms with Crippen LogP contribution in [0.15, 0.2) is 89.8 Å². The summed E-state index contributed by atoms with van der Waals surface area (Å²) in [6.07, 6.45) is -3.09. The van der Waals surface area contributed by atoms with Gasteiger partial charge >= 0.3 is 11.9 Å². The SMILES string of the molecule is COC(=O)c1cc(O)c(O)c(O[C@H](c2ccc(OCc3ccccc3)c(OC)c2)[C@H](COC(=O)C(C)(C)C)OS(=O)(=O)c2ccc(C)cc2)c1. The Balaban J connectivity index is 1.84. The van der Waals surface area contributed by atoms with Gasteiger partial charge in [0.15, 0.2) is 35.2 Å². The highest BCUT2D eigenvalue weighted by atomic mass is 32.2. The minimum atomic E-state index is -4.53. The molecule has 12 nitrogen and oxygen atoms in total. The fraction of sp³-hybridized carbons (Fsp3) is 0.297. The molecule has 0 bridgehead atoms. The molecule has 2 N–H and O–H groups in total. The zero-order chi connectivity index (χ0) is 36.6. The lowest BCUT2D eigenvalue weighted by Crippen LogP contribution is -2.36. The second-order valence-corrected chi connectivity index (χ2v) is 13.9. The number of aromatic hydroxyl groups is 2. The van der Waals surface area contributed by atoms with Gasteiger partial charge in [-0.15, -0.1) is 0 Å². The molecule has 0 aromatic heterocycles. The number of phenolic OH excluding ortho intramolecular Hbond substituents is 2. The van der Waals surface area contributed by atoms with Gasteiger partial charge in [0.05, 0.1) is 30.1 Å². The van der Waals surface area contributed by atoms with Gasteiger partial charge in [0.2, 0.25) is 5.75 Å². The van der Waals surface area contributed by atoms with E-state index in [0.29, 0.717) is 5.75 Å². The Morgan fingerprint density at radius 1 is 0.840 bits per heavy atom. The third kappa shape index (κ3) is 9.45. The van der Waals surface area contributed by atoms with E-state index in [1.54, 1.807) is 52.0 Å². The summed E-state index contributed by atoms with van der Waals surface area (Å²) in [7, 11) is -1.98. The van der Waals surface area contributed by atoms with Crippen molar-refractivity contribution in [2.45, 2.75) is 51.4 Å². The number of carbonyl (C=O) groups is 2. The topological polar surface area (TPSA) is 164 Å². The minimum absolute atomic E-state index is 0.176. The van der Waals surface area contributed by atoms with Gasteiger partial charge in [-0.3, -0.25) is 8.98 Å². The summed E-state index contributed by atoms with van der Waals surface area (Å²) in [6, 6.07) is 22.1. The van der Waals surface area contributed by atoms with Crippen molar-refractivity contribution in [2.75, 3.05) is 20.8 Å². The largest absolute Gasteiger partial charge is 0.504 e. The van der Waals surface area contributed by atoms with Crippen LogP contribution >= 0.6 is 0 Å². The number of benzene rings is 4. The van der Waals surface area contributed by atoms with E-state index in [1.165, 1.54) is 25.3 Å². The van der Waals surface area contributed by atoms with Gasteiger partial charge in [0.1, 0.15) is 13.2 Å². The number of rotatable bonds is 14. The summed E-state index contributed by atoms with van der Waals surface area (Å²) in [6.45, 7) is 6.25. The Bertz CT molecular complexity index is 1900. The molecule has 0 aliphatic heterocycles. The molecule has 0 radical (unpaired) electrons. The first-order valence-corrected chi connectivity index (χ1v) is 16.9. The summed E-state index contributed by atoms with van der Waals surface area (Å²) in [4.78, 5) is 25.1. The molecule has 0 heterocycles. The quantitative estimate of drug-likeness (QED) is 0.0859. The van der Waals surface area contributed by atoms with Crippen LogP contribution in [0.1, 0.15) is 53.9 Å². The molecular formula is C37H40O12S. The van der Waals surface area contributed by atoms with Gasteiger partial charge in [-0.25, -0.2) is 4.79 Å². The molecule has 13 heteroatoms. The van der Waals surface area contributed by atoms with Crippen LogP contribution in [0.4, 0.5) is 0 Å². The monoisotopic (exact) mass is 708 g/mol. The van der Waals surface area contributed by atoms with Crippen molar-refractivity contribution >= 4 is 22.1 Å². The fourth-order valence-electron chi connectivity index (χ4n) is 4.59. The van der Waals surface area contributed by atoms with Gasteiger partial charge in [-0.2, -0.15) is 8.42 Å². The molecule has 4 rings (SSSR count). The number of aryl methyl sites for hydroxylation is 1. The molecule has 0 aliphatic carbocycles. The average Bonchev–Trinajstić information content (AvgIpc) is 3.09. The number of phenols is 2. The van der Waals surface area contributed by atoms with E-state index >= 15 is 0 Å². The van der Waals surface area contributed by atoms with Crippen molar-refractivity contribution < 1.29 is 56.1 Å². The van der Waals surface area contributed by atoms with Crippen LogP contribution in [0, 0.1) is 12.3 Å². The van der Waals surface area contributed by atoms with Crippen molar-refractivity contribution in [1.82, 2.24) is 0 Å². The van der Waals surface area contributed by atoms with Crippen molar-refractivity contribution in [1.29, 1.82) is 0 Å². The second-order valence-electron chi connectivity index (χ2n) is 12.3. The molecule has 0 aliphatic rings.